The molecule has 1 aliphatic heterocycles. The first-order chi connectivity index (χ1) is 14.4. The van der Waals surface area contributed by atoms with Crippen molar-refractivity contribution in [2.45, 2.75) is 32.2 Å². The van der Waals surface area contributed by atoms with E-state index < -0.39 is 0 Å². The quantitative estimate of drug-likeness (QED) is 0.786. The van der Waals surface area contributed by atoms with E-state index >= 15 is 0 Å². The molecule has 1 fully saturated rings. The van der Waals surface area contributed by atoms with E-state index in [0.29, 0.717) is 41.6 Å². The van der Waals surface area contributed by atoms with Gasteiger partial charge in [-0.3, -0.25) is 9.59 Å². The van der Waals surface area contributed by atoms with Crippen molar-refractivity contribution in [3.63, 3.8) is 0 Å². The van der Waals surface area contributed by atoms with Gasteiger partial charge in [0.15, 0.2) is 5.82 Å². The first-order valence-corrected chi connectivity index (χ1v) is 10.1. The number of aryl methyl sites for hydroxylation is 1. The van der Waals surface area contributed by atoms with Gasteiger partial charge in [-0.25, -0.2) is 9.97 Å². The van der Waals surface area contributed by atoms with E-state index in [2.05, 4.69) is 15.3 Å². The fraction of sp³-hybridized carbons (Fsp3) is 0.455. The number of hydrogen-bond acceptors (Lipinski definition) is 6. The molecule has 8 heteroatoms. The second kappa shape index (κ2) is 9.67. The van der Waals surface area contributed by atoms with E-state index in [4.69, 9.17) is 4.74 Å². The minimum Gasteiger partial charge on any atom is -0.495 e. The molecule has 2 heterocycles. The Labute approximate surface area is 177 Å². The molecule has 0 aliphatic carbocycles. The fourth-order valence-electron chi connectivity index (χ4n) is 3.67. The number of amides is 2. The zero-order chi connectivity index (χ0) is 21.7. The lowest BCUT2D eigenvalue weighted by Gasteiger charge is -2.35. The maximum Gasteiger partial charge on any atom is 0.259 e. The summed E-state index contributed by atoms with van der Waals surface area (Å²) in [6.45, 7) is 2.85. The molecule has 0 radical (unpaired) electrons. The van der Waals surface area contributed by atoms with Gasteiger partial charge in [-0.2, -0.15) is 0 Å². The number of aromatic nitrogens is 2. The van der Waals surface area contributed by atoms with Crippen molar-refractivity contribution < 1.29 is 14.3 Å². The van der Waals surface area contributed by atoms with E-state index in [1.54, 1.807) is 32.4 Å². The van der Waals surface area contributed by atoms with Gasteiger partial charge in [0.2, 0.25) is 5.91 Å². The lowest BCUT2D eigenvalue weighted by atomic mass is 10.0. The van der Waals surface area contributed by atoms with Crippen LogP contribution in [0.2, 0.25) is 0 Å². The van der Waals surface area contributed by atoms with E-state index in [9.17, 15) is 9.59 Å². The summed E-state index contributed by atoms with van der Waals surface area (Å²) < 4.78 is 5.29. The number of nitrogens with zero attached hydrogens (tertiary/aromatic N) is 4. The van der Waals surface area contributed by atoms with Crippen LogP contribution in [0.3, 0.4) is 0 Å². The zero-order valence-electron chi connectivity index (χ0n) is 18.0. The van der Waals surface area contributed by atoms with Crippen LogP contribution in [0.1, 0.15) is 47.2 Å². The Kier molecular flexibility index (Phi) is 6.99. The first-order valence-electron chi connectivity index (χ1n) is 10.1. The molecule has 1 aromatic carbocycles. The topological polar surface area (TPSA) is 87.7 Å². The molecule has 1 aromatic heterocycles. The second-order valence-corrected chi connectivity index (χ2v) is 7.72. The molecule has 2 amide bonds. The zero-order valence-corrected chi connectivity index (χ0v) is 18.0. The molecule has 0 unspecified atom stereocenters. The van der Waals surface area contributed by atoms with Gasteiger partial charge in [-0.15, -0.1) is 0 Å². The number of carbonyl (C=O) groups is 2. The summed E-state index contributed by atoms with van der Waals surface area (Å²) in [5, 5.41) is 2.85. The number of likely N-dealkylation sites (N-methyl/N-ethyl adjacent to an activating group) is 1. The van der Waals surface area contributed by atoms with Crippen molar-refractivity contribution in [2.75, 3.05) is 39.6 Å². The van der Waals surface area contributed by atoms with Crippen LogP contribution in [0.25, 0.3) is 0 Å². The monoisotopic (exact) mass is 411 g/mol. The molecule has 0 spiro atoms. The van der Waals surface area contributed by atoms with Crippen molar-refractivity contribution in [3.05, 3.63) is 47.5 Å². The Morgan fingerprint density at radius 3 is 2.73 bits per heavy atom. The predicted molar refractivity (Wildman–Crippen MR) is 115 cm³/mol. The Morgan fingerprint density at radius 1 is 1.27 bits per heavy atom. The highest BCUT2D eigenvalue weighted by atomic mass is 16.5. The van der Waals surface area contributed by atoms with E-state index in [1.165, 1.54) is 0 Å². The number of methoxy groups -OCH3 is 1. The normalized spacial score (nSPS) is 16.4. The number of benzene rings is 1. The Hall–Kier alpha value is -3.00. The van der Waals surface area contributed by atoms with Crippen molar-refractivity contribution >= 4 is 17.5 Å². The maximum absolute atomic E-state index is 12.8. The van der Waals surface area contributed by atoms with Gasteiger partial charge < -0.3 is 19.9 Å². The highest BCUT2D eigenvalue weighted by Gasteiger charge is 2.30. The van der Waals surface area contributed by atoms with Gasteiger partial charge in [0, 0.05) is 12.7 Å². The molecule has 1 aliphatic rings. The summed E-state index contributed by atoms with van der Waals surface area (Å²) in [6, 6.07) is 7.07. The standard InChI is InChI=1S/C22H29N5O3/c1-15-16(22(29)25-17-9-5-6-11-19(17)30-4)13-23-21(24-15)18-10-7-8-12-27(18)20(28)14-26(2)3/h5-6,9,11,13,18H,7-8,10,12,14H2,1-4H3,(H,25,29)/t18-/m0/s1. The molecule has 1 N–H and O–H groups in total. The number of likely N-dealkylation sites (tertiary alicyclic amines) is 1. The summed E-state index contributed by atoms with van der Waals surface area (Å²) in [4.78, 5) is 38.2. The minimum atomic E-state index is -0.298. The Morgan fingerprint density at radius 2 is 2.03 bits per heavy atom. The molecule has 0 bridgehead atoms. The summed E-state index contributed by atoms with van der Waals surface area (Å²) in [5.41, 5.74) is 1.56. The Bertz CT molecular complexity index is 915. The molecular weight excluding hydrogens is 382 g/mol. The van der Waals surface area contributed by atoms with Gasteiger partial charge in [-0.05, 0) is 52.4 Å². The maximum atomic E-state index is 12.8. The smallest absolute Gasteiger partial charge is 0.259 e. The summed E-state index contributed by atoms with van der Waals surface area (Å²) >= 11 is 0. The van der Waals surface area contributed by atoms with Crippen LogP contribution in [-0.2, 0) is 4.79 Å². The second-order valence-electron chi connectivity index (χ2n) is 7.72. The third-order valence-corrected chi connectivity index (χ3v) is 5.17. The van der Waals surface area contributed by atoms with Gasteiger partial charge in [0.25, 0.3) is 5.91 Å². The van der Waals surface area contributed by atoms with Crippen molar-refractivity contribution in [2.24, 2.45) is 0 Å². The van der Waals surface area contributed by atoms with Crippen LogP contribution < -0.4 is 10.1 Å². The van der Waals surface area contributed by atoms with E-state index in [-0.39, 0.29) is 17.9 Å². The summed E-state index contributed by atoms with van der Waals surface area (Å²) in [6.07, 6.45) is 4.37. The van der Waals surface area contributed by atoms with Crippen LogP contribution in [0.4, 0.5) is 5.69 Å². The number of para-hydroxylation sites is 2. The van der Waals surface area contributed by atoms with Gasteiger partial charge >= 0.3 is 0 Å². The van der Waals surface area contributed by atoms with Gasteiger partial charge in [0.1, 0.15) is 5.75 Å². The van der Waals surface area contributed by atoms with Crippen molar-refractivity contribution in [3.8, 4) is 5.75 Å². The fourth-order valence-corrected chi connectivity index (χ4v) is 3.67. The molecular formula is C22H29N5O3. The highest BCUT2D eigenvalue weighted by molar-refractivity contribution is 6.05. The van der Waals surface area contributed by atoms with Gasteiger partial charge in [0.05, 0.1) is 36.6 Å². The third kappa shape index (κ3) is 4.94. The average Bonchev–Trinajstić information content (AvgIpc) is 2.73. The SMILES string of the molecule is COc1ccccc1NC(=O)c1cnc([C@@H]2CCCCN2C(=O)CN(C)C)nc1C. The molecule has 1 saturated heterocycles. The molecule has 3 rings (SSSR count). The van der Waals surface area contributed by atoms with Crippen LogP contribution in [0, 0.1) is 6.92 Å². The predicted octanol–water partition coefficient (Wildman–Crippen LogP) is 2.66. The molecule has 160 valence electrons. The van der Waals surface area contributed by atoms with Crippen LogP contribution in [0.15, 0.2) is 30.5 Å². The van der Waals surface area contributed by atoms with E-state index in [0.717, 1.165) is 19.3 Å². The van der Waals surface area contributed by atoms with Crippen LogP contribution >= 0.6 is 0 Å². The number of nitrogens with one attached hydrogen (secondary N) is 1. The van der Waals surface area contributed by atoms with Crippen molar-refractivity contribution in [1.82, 2.24) is 19.8 Å². The summed E-state index contributed by atoms with van der Waals surface area (Å²) in [5.74, 6) is 0.947. The summed E-state index contributed by atoms with van der Waals surface area (Å²) in [7, 11) is 5.32. The Balaban J connectivity index is 1.80. The van der Waals surface area contributed by atoms with Crippen molar-refractivity contribution in [1.29, 1.82) is 0 Å². The number of carbonyl (C=O) groups excluding carboxylic acids is 2. The minimum absolute atomic E-state index is 0.0731. The molecule has 0 saturated carbocycles. The number of anilines is 1. The number of piperidine rings is 1. The lowest BCUT2D eigenvalue weighted by Crippen LogP contribution is -2.43. The van der Waals surface area contributed by atoms with E-state index in [1.807, 2.05) is 36.0 Å². The molecule has 2 aromatic rings. The van der Waals surface area contributed by atoms with Crippen LogP contribution in [-0.4, -0.2) is 65.9 Å². The largest absolute Gasteiger partial charge is 0.495 e. The lowest BCUT2D eigenvalue weighted by molar-refractivity contribution is -0.135. The van der Waals surface area contributed by atoms with Crippen LogP contribution in [0.5, 0.6) is 5.75 Å². The third-order valence-electron chi connectivity index (χ3n) is 5.17. The van der Waals surface area contributed by atoms with Gasteiger partial charge in [-0.1, -0.05) is 12.1 Å². The molecule has 8 nitrogen and oxygen atoms in total. The molecule has 30 heavy (non-hydrogen) atoms. The number of ether oxygens (including phenoxy) is 1. The highest BCUT2D eigenvalue weighted by Crippen LogP contribution is 2.29. The average molecular weight is 412 g/mol. The first kappa shape index (κ1) is 21.7. The molecule has 1 atom stereocenters. The number of rotatable bonds is 6. The number of hydrogen-bond donors (Lipinski definition) is 1.